The van der Waals surface area contributed by atoms with Gasteiger partial charge in [0, 0.05) is 29.4 Å². The molecule has 2 aromatic carbocycles. The van der Waals surface area contributed by atoms with E-state index in [4.69, 9.17) is 5.73 Å². The van der Waals surface area contributed by atoms with Crippen LogP contribution in [0.4, 0.5) is 17.6 Å². The smallest absolute Gasteiger partial charge is 0.388 e. The predicted molar refractivity (Wildman–Crippen MR) is 152 cm³/mol. The Morgan fingerprint density at radius 3 is 2.39 bits per heavy atom. The van der Waals surface area contributed by atoms with E-state index < -0.39 is 41.5 Å². The van der Waals surface area contributed by atoms with E-state index in [1.165, 1.54) is 54.0 Å². The lowest BCUT2D eigenvalue weighted by Crippen LogP contribution is -2.35. The molecule has 12 heteroatoms. The van der Waals surface area contributed by atoms with Crippen LogP contribution in [-0.4, -0.2) is 33.0 Å². The summed E-state index contributed by atoms with van der Waals surface area (Å²) in [7, 11) is 0. The number of carbonyl (C=O) groups is 2. The maximum absolute atomic E-state index is 16.3. The maximum atomic E-state index is 16.3. The predicted octanol–water partition coefficient (Wildman–Crippen LogP) is 5.69. The highest BCUT2D eigenvalue weighted by molar-refractivity contribution is 6.02. The first-order chi connectivity index (χ1) is 21.1. The first-order valence-corrected chi connectivity index (χ1v) is 13.6. The van der Waals surface area contributed by atoms with Gasteiger partial charge in [0.1, 0.15) is 16.9 Å². The monoisotopic (exact) mass is 603 g/mol. The fourth-order valence-electron chi connectivity index (χ4n) is 5.38. The van der Waals surface area contributed by atoms with E-state index in [2.05, 4.69) is 20.1 Å². The average Bonchev–Trinajstić information content (AvgIpc) is 3.67. The molecule has 1 saturated carbocycles. The first-order valence-electron chi connectivity index (χ1n) is 13.6. The number of rotatable bonds is 9. The number of fused-ring (bicyclic) bond motifs is 1. The summed E-state index contributed by atoms with van der Waals surface area (Å²) >= 11 is 0. The minimum atomic E-state index is -3.26. The largest absolute Gasteiger partial charge is 0.416 e. The molecule has 3 N–H and O–H groups in total. The number of hydrogen-bond donors (Lipinski definition) is 2. The average molecular weight is 604 g/mol. The Labute approximate surface area is 248 Å². The van der Waals surface area contributed by atoms with E-state index in [0.29, 0.717) is 18.4 Å². The number of amides is 2. The number of hydrogen-bond acceptors (Lipinski definition) is 5. The molecular weight excluding hydrogens is 578 g/mol. The summed E-state index contributed by atoms with van der Waals surface area (Å²) in [6, 6.07) is 17.4. The minimum Gasteiger partial charge on any atom is -0.416 e. The van der Waals surface area contributed by atoms with E-state index in [1.807, 2.05) is 30.3 Å². The molecule has 3 heterocycles. The molecule has 8 nitrogen and oxygen atoms in total. The molecule has 224 valence electrons. The van der Waals surface area contributed by atoms with Crippen molar-refractivity contribution < 1.29 is 31.9 Å². The van der Waals surface area contributed by atoms with Crippen LogP contribution in [-0.2, 0) is 12.0 Å². The van der Waals surface area contributed by atoms with Crippen molar-refractivity contribution in [2.24, 2.45) is 5.73 Å². The number of nitrogens with zero attached hydrogens (tertiary/aromatic N) is 3. The van der Waals surface area contributed by atoms with Gasteiger partial charge in [-0.1, -0.05) is 42.5 Å². The van der Waals surface area contributed by atoms with Crippen LogP contribution >= 0.6 is 0 Å². The van der Waals surface area contributed by atoms with Gasteiger partial charge in [0.2, 0.25) is 5.88 Å². The van der Waals surface area contributed by atoms with Crippen molar-refractivity contribution in [2.75, 3.05) is 0 Å². The number of aromatic nitrogens is 3. The minimum absolute atomic E-state index is 0.0694. The van der Waals surface area contributed by atoms with Crippen molar-refractivity contribution >= 4 is 17.3 Å². The molecular formula is C32H25F4N5O3. The molecule has 3 aromatic heterocycles. The van der Waals surface area contributed by atoms with Crippen LogP contribution in [0.3, 0.4) is 0 Å². The Morgan fingerprint density at radius 1 is 1.05 bits per heavy atom. The molecule has 2 amide bonds. The zero-order chi connectivity index (χ0) is 31.2. The molecule has 0 atom stereocenters. The third kappa shape index (κ3) is 5.34. The highest BCUT2D eigenvalue weighted by atomic mass is 19.3. The number of pyridine rings is 2. The lowest BCUT2D eigenvalue weighted by atomic mass is 9.99. The van der Waals surface area contributed by atoms with E-state index in [9.17, 15) is 22.8 Å². The molecule has 1 aliphatic carbocycles. The molecule has 0 spiro atoms. The van der Waals surface area contributed by atoms with E-state index in [1.54, 1.807) is 0 Å². The molecule has 44 heavy (non-hydrogen) atoms. The van der Waals surface area contributed by atoms with Crippen LogP contribution in [0.25, 0.3) is 16.6 Å². The van der Waals surface area contributed by atoms with E-state index in [0.717, 1.165) is 5.56 Å². The van der Waals surface area contributed by atoms with Crippen molar-refractivity contribution in [3.8, 4) is 17.0 Å². The molecule has 1 fully saturated rings. The Hall–Kier alpha value is -5.26. The summed E-state index contributed by atoms with van der Waals surface area (Å²) in [5.41, 5.74) is 6.07. The molecule has 1 aliphatic rings. The second kappa shape index (κ2) is 11.1. The Balaban J connectivity index is 1.44. The van der Waals surface area contributed by atoms with Gasteiger partial charge in [0.15, 0.2) is 5.82 Å². The van der Waals surface area contributed by atoms with E-state index in [-0.39, 0.29) is 45.6 Å². The standard InChI is InChI=1S/C32H25F4N5O3/c1-17-22(16-23(30(38-17)44-31(35)36)29(43)39-32(12-13-32)19-5-3-2-4-6-19)21-11-14-41-27(26(21)34)25(28(37)42)24(40-41)15-18-7-9-20(33)10-8-18/h2-11,14,16,31H,12-13,15H2,1H3,(H2,37,42)(H,39,43). The number of aryl methyl sites for hydroxylation is 1. The third-order valence-corrected chi connectivity index (χ3v) is 7.68. The normalized spacial score (nSPS) is 13.7. The quantitative estimate of drug-likeness (QED) is 0.210. The molecule has 0 aliphatic heterocycles. The number of halogens is 4. The number of primary amides is 1. The SMILES string of the molecule is Cc1nc(OC(F)F)c(C(=O)NC2(c3ccccc3)CC2)cc1-c1ccn2nc(Cc3ccc(F)cc3)c(C(N)=O)c2c1F. The Morgan fingerprint density at radius 2 is 1.75 bits per heavy atom. The van der Waals surface area contributed by atoms with Gasteiger partial charge in [0.05, 0.1) is 16.8 Å². The van der Waals surface area contributed by atoms with Crippen molar-refractivity contribution in [2.45, 2.75) is 38.3 Å². The number of alkyl halides is 2. The van der Waals surface area contributed by atoms with Crippen molar-refractivity contribution in [1.29, 1.82) is 0 Å². The van der Waals surface area contributed by atoms with Gasteiger partial charge in [-0.25, -0.2) is 18.3 Å². The van der Waals surface area contributed by atoms with Gasteiger partial charge < -0.3 is 15.8 Å². The lowest BCUT2D eigenvalue weighted by Gasteiger charge is -2.20. The van der Waals surface area contributed by atoms with Gasteiger partial charge in [-0.05, 0) is 55.2 Å². The summed E-state index contributed by atoms with van der Waals surface area (Å²) in [5, 5.41) is 7.25. The van der Waals surface area contributed by atoms with Gasteiger partial charge in [-0.3, -0.25) is 9.59 Å². The summed E-state index contributed by atoms with van der Waals surface area (Å²) in [6.45, 7) is -1.81. The fraction of sp³-hybridized carbons (Fsp3) is 0.188. The highest BCUT2D eigenvalue weighted by Gasteiger charge is 2.46. The van der Waals surface area contributed by atoms with Crippen LogP contribution in [0.1, 0.15) is 56.1 Å². The van der Waals surface area contributed by atoms with Crippen molar-refractivity contribution in [3.63, 3.8) is 0 Å². The topological polar surface area (TPSA) is 112 Å². The van der Waals surface area contributed by atoms with Crippen LogP contribution in [0.15, 0.2) is 72.9 Å². The van der Waals surface area contributed by atoms with Crippen molar-refractivity contribution in [3.05, 3.63) is 118 Å². The number of ether oxygens (including phenoxy) is 1. The molecule has 5 aromatic rings. The highest BCUT2D eigenvalue weighted by Crippen LogP contribution is 2.46. The first kappa shape index (κ1) is 28.8. The van der Waals surface area contributed by atoms with Crippen LogP contribution in [0, 0.1) is 18.6 Å². The zero-order valence-electron chi connectivity index (χ0n) is 23.3. The Bertz CT molecular complexity index is 1910. The molecule has 0 radical (unpaired) electrons. The lowest BCUT2D eigenvalue weighted by molar-refractivity contribution is -0.0532. The summed E-state index contributed by atoms with van der Waals surface area (Å²) < 4.78 is 62.2. The number of nitrogens with one attached hydrogen (secondary N) is 1. The fourth-order valence-corrected chi connectivity index (χ4v) is 5.38. The molecule has 0 unspecified atom stereocenters. The summed E-state index contributed by atoms with van der Waals surface area (Å²) in [6.07, 6.45) is 2.76. The second-order valence-corrected chi connectivity index (χ2v) is 10.6. The number of nitrogens with two attached hydrogens (primary N) is 1. The van der Waals surface area contributed by atoms with Gasteiger partial charge in [0.25, 0.3) is 11.8 Å². The van der Waals surface area contributed by atoms with Gasteiger partial charge in [-0.15, -0.1) is 0 Å². The summed E-state index contributed by atoms with van der Waals surface area (Å²) in [4.78, 5) is 30.2. The van der Waals surface area contributed by atoms with Crippen LogP contribution < -0.4 is 15.8 Å². The molecule has 6 rings (SSSR count). The summed E-state index contributed by atoms with van der Waals surface area (Å²) in [5.74, 6) is -3.59. The second-order valence-electron chi connectivity index (χ2n) is 10.6. The van der Waals surface area contributed by atoms with Crippen LogP contribution in [0.2, 0.25) is 0 Å². The van der Waals surface area contributed by atoms with Gasteiger partial charge >= 0.3 is 6.61 Å². The number of benzene rings is 2. The molecule has 0 bridgehead atoms. The van der Waals surface area contributed by atoms with Crippen molar-refractivity contribution in [1.82, 2.24) is 19.9 Å². The maximum Gasteiger partial charge on any atom is 0.388 e. The van der Waals surface area contributed by atoms with E-state index >= 15 is 4.39 Å². The van der Waals surface area contributed by atoms with Crippen LogP contribution in [0.5, 0.6) is 5.88 Å². The van der Waals surface area contributed by atoms with Gasteiger partial charge in [-0.2, -0.15) is 13.9 Å². The molecule has 0 saturated heterocycles. The Kier molecular flexibility index (Phi) is 7.28. The zero-order valence-corrected chi connectivity index (χ0v) is 23.3. The third-order valence-electron chi connectivity index (χ3n) is 7.68. The number of carbonyl (C=O) groups excluding carboxylic acids is 2.